The first-order valence-electron chi connectivity index (χ1n) is 7.99. The molecule has 1 aliphatic rings. The number of carbonyl (C=O) groups excluding carboxylic acids is 1. The van der Waals surface area contributed by atoms with Gasteiger partial charge in [-0.25, -0.2) is 4.79 Å². The van der Waals surface area contributed by atoms with E-state index in [9.17, 15) is 4.79 Å². The lowest BCUT2D eigenvalue weighted by molar-refractivity contribution is 0.0506. The number of aromatic nitrogens is 2. The fourth-order valence-electron chi connectivity index (χ4n) is 2.66. The van der Waals surface area contributed by atoms with Crippen LogP contribution < -0.4 is 5.32 Å². The maximum Gasteiger partial charge on any atom is 0.407 e. The minimum atomic E-state index is -0.462. The highest BCUT2D eigenvalue weighted by Gasteiger charge is 2.22. The second-order valence-electron chi connectivity index (χ2n) is 6.97. The number of piperidine rings is 1. The average molecular weight is 341 g/mol. The van der Waals surface area contributed by atoms with E-state index < -0.39 is 5.60 Å². The third-order valence-electron chi connectivity index (χ3n) is 3.61. The molecule has 1 saturated heterocycles. The van der Waals surface area contributed by atoms with E-state index in [1.807, 2.05) is 26.8 Å². The van der Waals surface area contributed by atoms with Crippen molar-refractivity contribution in [2.75, 3.05) is 19.6 Å². The molecular weight excluding hydrogens is 316 g/mol. The maximum absolute atomic E-state index is 11.7. The van der Waals surface area contributed by atoms with E-state index in [0.717, 1.165) is 38.2 Å². The summed E-state index contributed by atoms with van der Waals surface area (Å²) in [7, 11) is 0. The number of carbonyl (C=O) groups is 1. The van der Waals surface area contributed by atoms with E-state index in [0.29, 0.717) is 17.6 Å². The SMILES string of the molecule is CC(C)(C)OC(=O)NC[C@@H]1CCCN(Cc2ccc(Cl)nn2)C1. The van der Waals surface area contributed by atoms with Crippen molar-refractivity contribution in [3.63, 3.8) is 0 Å². The van der Waals surface area contributed by atoms with Gasteiger partial charge in [0, 0.05) is 19.6 Å². The van der Waals surface area contributed by atoms with Crippen LogP contribution in [0.15, 0.2) is 12.1 Å². The molecular formula is C16H25ClN4O2. The van der Waals surface area contributed by atoms with Crippen molar-refractivity contribution >= 4 is 17.7 Å². The molecule has 0 saturated carbocycles. The van der Waals surface area contributed by atoms with Gasteiger partial charge < -0.3 is 10.1 Å². The smallest absolute Gasteiger partial charge is 0.407 e. The number of hydrogen-bond donors (Lipinski definition) is 1. The van der Waals surface area contributed by atoms with Gasteiger partial charge in [-0.15, -0.1) is 5.10 Å². The Hall–Kier alpha value is -1.40. The van der Waals surface area contributed by atoms with Crippen LogP contribution in [0.4, 0.5) is 4.79 Å². The Morgan fingerprint density at radius 1 is 1.43 bits per heavy atom. The van der Waals surface area contributed by atoms with Crippen LogP contribution in [0.1, 0.15) is 39.3 Å². The number of amides is 1. The van der Waals surface area contributed by atoms with E-state index in [-0.39, 0.29) is 6.09 Å². The number of alkyl carbamates (subject to hydrolysis) is 1. The highest BCUT2D eigenvalue weighted by atomic mass is 35.5. The molecule has 128 valence electrons. The molecule has 6 nitrogen and oxygen atoms in total. The van der Waals surface area contributed by atoms with E-state index >= 15 is 0 Å². The summed E-state index contributed by atoms with van der Waals surface area (Å²) in [6.07, 6.45) is 1.87. The van der Waals surface area contributed by atoms with Gasteiger partial charge in [0.05, 0.1) is 5.69 Å². The number of halogens is 1. The van der Waals surface area contributed by atoms with Gasteiger partial charge in [0.25, 0.3) is 0 Å². The van der Waals surface area contributed by atoms with Gasteiger partial charge in [-0.3, -0.25) is 4.90 Å². The van der Waals surface area contributed by atoms with Crippen molar-refractivity contribution in [1.82, 2.24) is 20.4 Å². The summed E-state index contributed by atoms with van der Waals surface area (Å²) in [5.74, 6) is 0.427. The van der Waals surface area contributed by atoms with Crippen LogP contribution in [0.25, 0.3) is 0 Å². The second-order valence-corrected chi connectivity index (χ2v) is 7.36. The Balaban J connectivity index is 1.77. The Morgan fingerprint density at radius 2 is 2.22 bits per heavy atom. The van der Waals surface area contributed by atoms with Crippen LogP contribution in [0.5, 0.6) is 0 Å². The largest absolute Gasteiger partial charge is 0.444 e. The van der Waals surface area contributed by atoms with E-state index in [1.54, 1.807) is 6.07 Å². The van der Waals surface area contributed by atoms with E-state index in [2.05, 4.69) is 20.4 Å². The number of nitrogens with zero attached hydrogens (tertiary/aromatic N) is 3. The van der Waals surface area contributed by atoms with Crippen molar-refractivity contribution in [3.05, 3.63) is 23.0 Å². The van der Waals surface area contributed by atoms with Crippen LogP contribution in [0, 0.1) is 5.92 Å². The molecule has 1 aromatic rings. The molecule has 0 bridgehead atoms. The topological polar surface area (TPSA) is 67.3 Å². The first-order valence-corrected chi connectivity index (χ1v) is 8.37. The number of nitrogens with one attached hydrogen (secondary N) is 1. The predicted molar refractivity (Wildman–Crippen MR) is 89.3 cm³/mol. The van der Waals surface area contributed by atoms with Crippen LogP contribution in [-0.4, -0.2) is 46.4 Å². The zero-order chi connectivity index (χ0) is 16.9. The molecule has 1 amide bonds. The fourth-order valence-corrected chi connectivity index (χ4v) is 2.76. The van der Waals surface area contributed by atoms with Crippen molar-refractivity contribution in [1.29, 1.82) is 0 Å². The second kappa shape index (κ2) is 7.93. The van der Waals surface area contributed by atoms with Gasteiger partial charge in [0.1, 0.15) is 5.60 Å². The van der Waals surface area contributed by atoms with Gasteiger partial charge in [0.2, 0.25) is 0 Å². The minimum absolute atomic E-state index is 0.349. The third kappa shape index (κ3) is 6.71. The van der Waals surface area contributed by atoms with Crippen LogP contribution in [0.2, 0.25) is 5.15 Å². The first kappa shape index (κ1) is 17.9. The summed E-state index contributed by atoms with van der Waals surface area (Å²) in [6.45, 7) is 8.95. The summed E-state index contributed by atoms with van der Waals surface area (Å²) in [6, 6.07) is 3.66. The Bertz CT molecular complexity index is 516. The van der Waals surface area contributed by atoms with Crippen LogP contribution in [0.3, 0.4) is 0 Å². The molecule has 7 heteroatoms. The highest BCUT2D eigenvalue weighted by molar-refractivity contribution is 6.29. The first-order chi connectivity index (χ1) is 10.8. The molecule has 23 heavy (non-hydrogen) atoms. The summed E-state index contributed by atoms with van der Waals surface area (Å²) >= 11 is 5.75. The fraction of sp³-hybridized carbons (Fsp3) is 0.688. The molecule has 0 unspecified atom stereocenters. The molecule has 1 atom stereocenters. The van der Waals surface area contributed by atoms with Gasteiger partial charge in [-0.2, -0.15) is 5.10 Å². The quantitative estimate of drug-likeness (QED) is 0.912. The Morgan fingerprint density at radius 3 is 2.87 bits per heavy atom. The minimum Gasteiger partial charge on any atom is -0.444 e. The Kier molecular flexibility index (Phi) is 6.18. The molecule has 0 spiro atoms. The Labute approximate surface area is 142 Å². The third-order valence-corrected chi connectivity index (χ3v) is 3.81. The number of ether oxygens (including phenoxy) is 1. The molecule has 0 aliphatic carbocycles. The van der Waals surface area contributed by atoms with E-state index in [4.69, 9.17) is 16.3 Å². The standard InChI is InChI=1S/C16H25ClN4O2/c1-16(2,3)23-15(22)18-9-12-5-4-8-21(10-12)11-13-6-7-14(17)20-19-13/h6-7,12H,4-5,8-11H2,1-3H3,(H,18,22)/t12-/m0/s1. The molecule has 0 aromatic carbocycles. The monoisotopic (exact) mass is 340 g/mol. The summed E-state index contributed by atoms with van der Waals surface area (Å²) in [4.78, 5) is 14.1. The van der Waals surface area contributed by atoms with Crippen molar-refractivity contribution in [3.8, 4) is 0 Å². The maximum atomic E-state index is 11.7. The van der Waals surface area contributed by atoms with Gasteiger partial charge in [0.15, 0.2) is 5.15 Å². The summed E-state index contributed by atoms with van der Waals surface area (Å²) in [5.41, 5.74) is 0.450. The molecule has 1 aliphatic heterocycles. The van der Waals surface area contributed by atoms with Crippen LogP contribution in [-0.2, 0) is 11.3 Å². The predicted octanol–water partition coefficient (Wildman–Crippen LogP) is 2.87. The van der Waals surface area contributed by atoms with Crippen LogP contribution >= 0.6 is 11.6 Å². The summed E-state index contributed by atoms with van der Waals surface area (Å²) < 4.78 is 5.27. The summed E-state index contributed by atoms with van der Waals surface area (Å²) in [5, 5.41) is 11.2. The molecule has 0 radical (unpaired) electrons. The van der Waals surface area contributed by atoms with Crippen molar-refractivity contribution in [2.24, 2.45) is 5.92 Å². The molecule has 1 N–H and O–H groups in total. The van der Waals surface area contributed by atoms with Crippen molar-refractivity contribution < 1.29 is 9.53 Å². The average Bonchev–Trinajstić information content (AvgIpc) is 2.46. The number of rotatable bonds is 4. The molecule has 1 aromatic heterocycles. The normalized spacial score (nSPS) is 19.4. The number of likely N-dealkylation sites (tertiary alicyclic amines) is 1. The lowest BCUT2D eigenvalue weighted by Crippen LogP contribution is -2.42. The van der Waals surface area contributed by atoms with Crippen molar-refractivity contribution in [2.45, 2.75) is 45.8 Å². The zero-order valence-corrected chi connectivity index (χ0v) is 14.8. The highest BCUT2D eigenvalue weighted by Crippen LogP contribution is 2.18. The van der Waals surface area contributed by atoms with Gasteiger partial charge >= 0.3 is 6.09 Å². The molecule has 1 fully saturated rings. The van der Waals surface area contributed by atoms with E-state index in [1.165, 1.54) is 0 Å². The molecule has 2 rings (SSSR count). The lowest BCUT2D eigenvalue weighted by atomic mass is 9.98. The molecule has 2 heterocycles. The zero-order valence-electron chi connectivity index (χ0n) is 14.0. The lowest BCUT2D eigenvalue weighted by Gasteiger charge is -2.32. The van der Waals surface area contributed by atoms with Gasteiger partial charge in [-0.05, 0) is 58.2 Å². The number of hydrogen-bond acceptors (Lipinski definition) is 5. The van der Waals surface area contributed by atoms with Gasteiger partial charge in [-0.1, -0.05) is 11.6 Å².